The number of aromatic nitrogens is 2. The summed E-state index contributed by atoms with van der Waals surface area (Å²) in [6.45, 7) is 13.6. The van der Waals surface area contributed by atoms with Gasteiger partial charge in [-0.05, 0) is 48.5 Å². The summed E-state index contributed by atoms with van der Waals surface area (Å²) in [5.74, 6) is 2.32. The Morgan fingerprint density at radius 1 is 1.15 bits per heavy atom. The van der Waals surface area contributed by atoms with Crippen LogP contribution >= 0.6 is 15.9 Å². The first-order valence-corrected chi connectivity index (χ1v) is 8.37. The molecule has 0 atom stereocenters. The molecule has 0 bridgehead atoms. The molecule has 0 amide bonds. The Balaban J connectivity index is 3.17. The Labute approximate surface area is 131 Å². The van der Waals surface area contributed by atoms with Gasteiger partial charge in [0.05, 0.1) is 10.2 Å². The maximum absolute atomic E-state index is 4.75. The van der Waals surface area contributed by atoms with E-state index in [1.165, 1.54) is 0 Å². The van der Waals surface area contributed by atoms with Gasteiger partial charge in [0, 0.05) is 19.6 Å². The molecule has 0 saturated heterocycles. The zero-order chi connectivity index (χ0) is 15.1. The molecular formula is C15H27BrN4. The number of hydrogen-bond donors (Lipinski definition) is 1. The van der Waals surface area contributed by atoms with Crippen LogP contribution in [0.4, 0.5) is 11.8 Å². The summed E-state index contributed by atoms with van der Waals surface area (Å²) >= 11 is 3.66. The van der Waals surface area contributed by atoms with E-state index in [0.29, 0.717) is 5.92 Å². The number of halogens is 1. The lowest BCUT2D eigenvalue weighted by Gasteiger charge is -2.21. The second kappa shape index (κ2) is 8.45. The monoisotopic (exact) mass is 342 g/mol. The summed E-state index contributed by atoms with van der Waals surface area (Å²) in [5, 5.41) is 3.40. The molecule has 1 N–H and O–H groups in total. The standard InChI is InChI=1S/C15H27BrN4/c1-6-9-17-14-13(16)12(10-11(4)5)18-15(19-14)20(7-2)8-3/h11H,6-10H2,1-5H3,(H,17,18,19). The summed E-state index contributed by atoms with van der Waals surface area (Å²) < 4.78 is 1.01. The van der Waals surface area contributed by atoms with E-state index >= 15 is 0 Å². The minimum Gasteiger partial charge on any atom is -0.369 e. The minimum atomic E-state index is 0.574. The van der Waals surface area contributed by atoms with Gasteiger partial charge in [0.15, 0.2) is 0 Å². The van der Waals surface area contributed by atoms with Crippen molar-refractivity contribution in [1.29, 1.82) is 0 Å². The van der Waals surface area contributed by atoms with Gasteiger partial charge in [-0.2, -0.15) is 4.98 Å². The van der Waals surface area contributed by atoms with Crippen molar-refractivity contribution < 1.29 is 0 Å². The first-order valence-electron chi connectivity index (χ1n) is 7.58. The molecule has 1 aromatic rings. The molecule has 0 unspecified atom stereocenters. The van der Waals surface area contributed by atoms with Gasteiger partial charge in [0.25, 0.3) is 0 Å². The van der Waals surface area contributed by atoms with Gasteiger partial charge in [-0.1, -0.05) is 20.8 Å². The van der Waals surface area contributed by atoms with E-state index in [4.69, 9.17) is 4.98 Å². The van der Waals surface area contributed by atoms with Crippen molar-refractivity contribution in [2.24, 2.45) is 5.92 Å². The first kappa shape index (κ1) is 17.2. The zero-order valence-corrected chi connectivity index (χ0v) is 14.9. The lowest BCUT2D eigenvalue weighted by atomic mass is 10.1. The fourth-order valence-corrected chi connectivity index (χ4v) is 2.49. The molecule has 0 spiro atoms. The molecule has 0 radical (unpaired) electrons. The summed E-state index contributed by atoms with van der Waals surface area (Å²) in [6.07, 6.45) is 2.04. The SMILES string of the molecule is CCCNc1nc(N(CC)CC)nc(CC(C)C)c1Br. The number of anilines is 2. The first-order chi connectivity index (χ1) is 9.53. The molecule has 0 saturated carbocycles. The molecule has 5 heteroatoms. The Morgan fingerprint density at radius 2 is 1.80 bits per heavy atom. The summed E-state index contributed by atoms with van der Waals surface area (Å²) in [4.78, 5) is 11.6. The smallest absolute Gasteiger partial charge is 0.227 e. The van der Waals surface area contributed by atoms with Crippen molar-refractivity contribution in [3.63, 3.8) is 0 Å². The van der Waals surface area contributed by atoms with Gasteiger partial charge in [0.1, 0.15) is 5.82 Å². The Bertz CT molecular complexity index is 417. The molecular weight excluding hydrogens is 316 g/mol. The summed E-state index contributed by atoms with van der Waals surface area (Å²) in [7, 11) is 0. The van der Waals surface area contributed by atoms with Crippen molar-refractivity contribution in [3.05, 3.63) is 10.2 Å². The Kier molecular flexibility index (Phi) is 7.27. The van der Waals surface area contributed by atoms with Crippen LogP contribution in [0.2, 0.25) is 0 Å². The summed E-state index contributed by atoms with van der Waals surface area (Å²) in [6, 6.07) is 0. The van der Waals surface area contributed by atoms with Crippen molar-refractivity contribution in [1.82, 2.24) is 9.97 Å². The van der Waals surface area contributed by atoms with E-state index in [9.17, 15) is 0 Å². The highest BCUT2D eigenvalue weighted by Gasteiger charge is 2.15. The number of rotatable bonds is 8. The van der Waals surface area contributed by atoms with Crippen molar-refractivity contribution in [3.8, 4) is 0 Å². The molecule has 1 heterocycles. The van der Waals surface area contributed by atoms with Crippen LogP contribution in [-0.2, 0) is 6.42 Å². The lowest BCUT2D eigenvalue weighted by Crippen LogP contribution is -2.25. The third-order valence-corrected chi connectivity index (χ3v) is 3.93. The van der Waals surface area contributed by atoms with Crippen LogP contribution in [0.3, 0.4) is 0 Å². The topological polar surface area (TPSA) is 41.1 Å². The largest absolute Gasteiger partial charge is 0.369 e. The minimum absolute atomic E-state index is 0.574. The van der Waals surface area contributed by atoms with E-state index in [-0.39, 0.29) is 0 Å². The molecule has 4 nitrogen and oxygen atoms in total. The van der Waals surface area contributed by atoms with Crippen LogP contribution < -0.4 is 10.2 Å². The molecule has 0 aliphatic rings. The maximum atomic E-state index is 4.75. The van der Waals surface area contributed by atoms with E-state index < -0.39 is 0 Å². The maximum Gasteiger partial charge on any atom is 0.227 e. The van der Waals surface area contributed by atoms with E-state index in [2.05, 4.69) is 65.7 Å². The van der Waals surface area contributed by atoms with Crippen LogP contribution in [0.1, 0.15) is 46.7 Å². The molecule has 0 aliphatic heterocycles. The van der Waals surface area contributed by atoms with Gasteiger partial charge in [-0.15, -0.1) is 0 Å². The Hall–Kier alpha value is -0.840. The number of hydrogen-bond acceptors (Lipinski definition) is 4. The predicted molar refractivity (Wildman–Crippen MR) is 90.6 cm³/mol. The second-order valence-corrected chi connectivity index (χ2v) is 6.12. The van der Waals surface area contributed by atoms with Gasteiger partial charge in [0.2, 0.25) is 5.95 Å². The third kappa shape index (κ3) is 4.62. The lowest BCUT2D eigenvalue weighted by molar-refractivity contribution is 0.630. The predicted octanol–water partition coefficient (Wildman–Crippen LogP) is 4.11. The average Bonchev–Trinajstić information content (AvgIpc) is 2.41. The van der Waals surface area contributed by atoms with Crippen LogP contribution in [0.15, 0.2) is 4.47 Å². The van der Waals surface area contributed by atoms with Gasteiger partial charge >= 0.3 is 0 Å². The fourth-order valence-electron chi connectivity index (χ4n) is 2.01. The normalized spacial score (nSPS) is 10.9. The highest BCUT2D eigenvalue weighted by Crippen LogP contribution is 2.28. The van der Waals surface area contributed by atoms with E-state index in [0.717, 1.165) is 54.4 Å². The zero-order valence-electron chi connectivity index (χ0n) is 13.3. The fraction of sp³-hybridized carbons (Fsp3) is 0.733. The number of nitrogens with zero attached hydrogens (tertiary/aromatic N) is 3. The van der Waals surface area contributed by atoms with Crippen molar-refractivity contribution in [2.45, 2.75) is 47.5 Å². The molecule has 1 rings (SSSR count). The van der Waals surface area contributed by atoms with Gasteiger partial charge < -0.3 is 10.2 Å². The molecule has 0 aliphatic carbocycles. The molecule has 0 aromatic carbocycles. The van der Waals surface area contributed by atoms with Crippen molar-refractivity contribution >= 4 is 27.7 Å². The van der Waals surface area contributed by atoms with E-state index in [1.807, 2.05) is 0 Å². The van der Waals surface area contributed by atoms with Gasteiger partial charge in [-0.25, -0.2) is 4.98 Å². The molecule has 20 heavy (non-hydrogen) atoms. The quantitative estimate of drug-likeness (QED) is 0.771. The highest BCUT2D eigenvalue weighted by molar-refractivity contribution is 9.10. The van der Waals surface area contributed by atoms with Crippen molar-refractivity contribution in [2.75, 3.05) is 29.9 Å². The third-order valence-electron chi connectivity index (χ3n) is 3.10. The van der Waals surface area contributed by atoms with Crippen LogP contribution in [0, 0.1) is 5.92 Å². The highest BCUT2D eigenvalue weighted by atomic mass is 79.9. The Morgan fingerprint density at radius 3 is 2.30 bits per heavy atom. The van der Waals surface area contributed by atoms with Crippen LogP contribution in [0.5, 0.6) is 0 Å². The van der Waals surface area contributed by atoms with Gasteiger partial charge in [-0.3, -0.25) is 0 Å². The molecule has 1 aromatic heterocycles. The molecule has 114 valence electrons. The van der Waals surface area contributed by atoms with Crippen LogP contribution in [-0.4, -0.2) is 29.6 Å². The molecule has 0 fully saturated rings. The average molecular weight is 343 g/mol. The number of nitrogens with one attached hydrogen (secondary N) is 1. The second-order valence-electron chi connectivity index (χ2n) is 5.33. The summed E-state index contributed by atoms with van der Waals surface area (Å²) in [5.41, 5.74) is 1.09. The van der Waals surface area contributed by atoms with Crippen LogP contribution in [0.25, 0.3) is 0 Å². The van der Waals surface area contributed by atoms with E-state index in [1.54, 1.807) is 0 Å².